The highest BCUT2D eigenvalue weighted by atomic mass is 32.2. The van der Waals surface area contributed by atoms with Gasteiger partial charge in [-0.1, -0.05) is 72.8 Å². The first-order valence-corrected chi connectivity index (χ1v) is 12.5. The van der Waals surface area contributed by atoms with Crippen LogP contribution in [-0.2, 0) is 16.6 Å². The summed E-state index contributed by atoms with van der Waals surface area (Å²) in [7, 11) is -3.74. The highest BCUT2D eigenvalue weighted by Crippen LogP contribution is 2.25. The number of sulfonamides is 1. The van der Waals surface area contributed by atoms with E-state index in [-0.39, 0.29) is 10.5 Å². The monoisotopic (exact) mass is 482 g/mol. The van der Waals surface area contributed by atoms with Crippen LogP contribution in [0.4, 0.5) is 5.69 Å². The maximum absolute atomic E-state index is 12.9. The molecule has 7 heteroatoms. The number of nitrogens with one attached hydrogen (secondary N) is 1. The molecule has 174 valence electrons. The molecule has 0 fully saturated rings. The molecule has 0 unspecified atom stereocenters. The number of rotatable bonds is 7. The average Bonchev–Trinajstić information content (AvgIpc) is 3.24. The molecule has 0 bridgehead atoms. The van der Waals surface area contributed by atoms with E-state index in [2.05, 4.69) is 4.72 Å². The van der Waals surface area contributed by atoms with E-state index in [4.69, 9.17) is 0 Å². The normalized spacial score (nSPS) is 11.4. The number of carboxylic acids is 1. The minimum absolute atomic E-state index is 0.182. The first-order chi connectivity index (χ1) is 16.9. The van der Waals surface area contributed by atoms with Crippen molar-refractivity contribution in [1.29, 1.82) is 0 Å². The molecule has 0 saturated carbocycles. The molecule has 0 saturated heterocycles. The third-order valence-electron chi connectivity index (χ3n) is 5.85. The number of carboxylic acid groups (broad SMARTS) is 1. The van der Waals surface area contributed by atoms with Gasteiger partial charge in [0.1, 0.15) is 0 Å². The number of fused-ring (bicyclic) bond motifs is 1. The number of nitrogens with zero attached hydrogens (tertiary/aromatic N) is 1. The van der Waals surface area contributed by atoms with E-state index in [1.165, 1.54) is 0 Å². The highest BCUT2D eigenvalue weighted by molar-refractivity contribution is 7.92. The van der Waals surface area contributed by atoms with Crippen LogP contribution < -0.4 is 4.72 Å². The van der Waals surface area contributed by atoms with Crippen LogP contribution in [0.1, 0.15) is 15.9 Å². The standard InChI is InChI=1S/C28H22N2O4S/c31-28(32)26-19-30(27-9-5-4-8-25(26)27)18-20-10-14-23(15-11-20)29-35(33,34)24-16-12-22(13-17-24)21-6-2-1-3-7-21/h1-17,19,29H,18H2,(H,31,32). The quantitative estimate of drug-likeness (QED) is 0.304. The van der Waals surface area contributed by atoms with Crippen molar-refractivity contribution in [2.24, 2.45) is 0 Å². The third-order valence-corrected chi connectivity index (χ3v) is 7.25. The SMILES string of the molecule is O=C(O)c1cn(Cc2ccc(NS(=O)(=O)c3ccc(-c4ccccc4)cc3)cc2)c2ccccc12. The molecular weight excluding hydrogens is 460 g/mol. The van der Waals surface area contributed by atoms with Gasteiger partial charge in [-0.3, -0.25) is 4.72 Å². The molecule has 0 aliphatic rings. The second-order valence-electron chi connectivity index (χ2n) is 8.19. The van der Waals surface area contributed by atoms with Crippen LogP contribution in [-0.4, -0.2) is 24.1 Å². The fourth-order valence-corrected chi connectivity index (χ4v) is 5.15. The van der Waals surface area contributed by atoms with Crippen molar-refractivity contribution < 1.29 is 18.3 Å². The van der Waals surface area contributed by atoms with E-state index < -0.39 is 16.0 Å². The van der Waals surface area contributed by atoms with Gasteiger partial charge in [-0.15, -0.1) is 0 Å². The van der Waals surface area contributed by atoms with Gasteiger partial charge in [0.05, 0.1) is 10.5 Å². The smallest absolute Gasteiger partial charge is 0.337 e. The molecule has 6 nitrogen and oxygen atoms in total. The van der Waals surface area contributed by atoms with E-state index in [9.17, 15) is 18.3 Å². The second-order valence-corrected chi connectivity index (χ2v) is 9.87. The van der Waals surface area contributed by atoms with Crippen molar-refractivity contribution in [2.75, 3.05) is 4.72 Å². The summed E-state index contributed by atoms with van der Waals surface area (Å²) in [4.78, 5) is 11.8. The summed E-state index contributed by atoms with van der Waals surface area (Å²) in [5.41, 5.74) is 4.41. The molecular formula is C28H22N2O4S. The Morgan fingerprint density at radius 2 is 1.40 bits per heavy atom. The van der Waals surface area contributed by atoms with Gasteiger partial charge >= 0.3 is 5.97 Å². The number of aromatic nitrogens is 1. The number of para-hydroxylation sites is 1. The van der Waals surface area contributed by atoms with Crippen LogP contribution in [0.3, 0.4) is 0 Å². The first kappa shape index (κ1) is 22.4. The number of aromatic carboxylic acids is 1. The van der Waals surface area contributed by atoms with Crippen LogP contribution in [0.15, 0.2) is 114 Å². The van der Waals surface area contributed by atoms with Gasteiger partial charge in [-0.25, -0.2) is 13.2 Å². The third kappa shape index (κ3) is 4.67. The number of carbonyl (C=O) groups is 1. The summed E-state index contributed by atoms with van der Waals surface area (Å²) >= 11 is 0. The summed E-state index contributed by atoms with van der Waals surface area (Å²) in [6.45, 7) is 0.460. The molecule has 0 spiro atoms. The Morgan fingerprint density at radius 3 is 2.09 bits per heavy atom. The van der Waals surface area contributed by atoms with Crippen molar-refractivity contribution in [3.05, 3.63) is 120 Å². The zero-order valence-electron chi connectivity index (χ0n) is 18.6. The molecule has 0 amide bonds. The number of hydrogen-bond acceptors (Lipinski definition) is 3. The van der Waals surface area contributed by atoms with Gasteiger partial charge < -0.3 is 9.67 Å². The molecule has 4 aromatic carbocycles. The lowest BCUT2D eigenvalue weighted by Crippen LogP contribution is -2.12. The molecule has 35 heavy (non-hydrogen) atoms. The van der Waals surface area contributed by atoms with Crippen LogP contribution in [0.2, 0.25) is 0 Å². The zero-order chi connectivity index (χ0) is 24.4. The predicted octanol–water partition coefficient (Wildman–Crippen LogP) is 5.86. The van der Waals surface area contributed by atoms with E-state index >= 15 is 0 Å². The topological polar surface area (TPSA) is 88.4 Å². The number of anilines is 1. The first-order valence-electron chi connectivity index (χ1n) is 11.0. The van der Waals surface area contributed by atoms with Gasteiger partial charge in [0.2, 0.25) is 0 Å². The van der Waals surface area contributed by atoms with Crippen LogP contribution in [0, 0.1) is 0 Å². The van der Waals surface area contributed by atoms with Crippen molar-refractivity contribution in [2.45, 2.75) is 11.4 Å². The van der Waals surface area contributed by atoms with Crippen LogP contribution in [0.5, 0.6) is 0 Å². The molecule has 1 aromatic heterocycles. The van der Waals surface area contributed by atoms with Gasteiger partial charge in [0.15, 0.2) is 0 Å². The Bertz CT molecular complexity index is 1610. The molecule has 0 radical (unpaired) electrons. The molecule has 1 heterocycles. The van der Waals surface area contributed by atoms with E-state index in [0.29, 0.717) is 17.6 Å². The van der Waals surface area contributed by atoms with Crippen molar-refractivity contribution >= 4 is 32.6 Å². The zero-order valence-corrected chi connectivity index (χ0v) is 19.4. The largest absolute Gasteiger partial charge is 0.478 e. The lowest BCUT2D eigenvalue weighted by atomic mass is 10.1. The Balaban J connectivity index is 1.32. The Morgan fingerprint density at radius 1 is 0.771 bits per heavy atom. The van der Waals surface area contributed by atoms with Gasteiger partial charge in [0, 0.05) is 29.3 Å². The van der Waals surface area contributed by atoms with Crippen LogP contribution in [0.25, 0.3) is 22.0 Å². The summed E-state index contributed by atoms with van der Waals surface area (Å²) in [6.07, 6.45) is 1.63. The van der Waals surface area contributed by atoms with Gasteiger partial charge in [-0.2, -0.15) is 0 Å². The van der Waals surface area contributed by atoms with Gasteiger partial charge in [-0.05, 0) is 47.0 Å². The maximum Gasteiger partial charge on any atom is 0.337 e. The van der Waals surface area contributed by atoms with E-state index in [0.717, 1.165) is 22.2 Å². The van der Waals surface area contributed by atoms with Crippen LogP contribution >= 0.6 is 0 Å². The van der Waals surface area contributed by atoms with Crippen molar-refractivity contribution in [3.63, 3.8) is 0 Å². The molecule has 0 atom stereocenters. The summed E-state index contributed by atoms with van der Waals surface area (Å²) in [6, 6.07) is 30.9. The van der Waals surface area contributed by atoms with Crippen molar-refractivity contribution in [3.8, 4) is 11.1 Å². The minimum Gasteiger partial charge on any atom is -0.478 e. The van der Waals surface area contributed by atoms with Crippen molar-refractivity contribution in [1.82, 2.24) is 4.57 Å². The second kappa shape index (κ2) is 9.12. The lowest BCUT2D eigenvalue weighted by Gasteiger charge is -2.10. The Hall–Kier alpha value is -4.36. The van der Waals surface area contributed by atoms with Gasteiger partial charge in [0.25, 0.3) is 10.0 Å². The van der Waals surface area contributed by atoms with E-state index in [1.807, 2.05) is 65.2 Å². The number of hydrogen-bond donors (Lipinski definition) is 2. The molecule has 0 aliphatic heterocycles. The Labute approximate surface area is 203 Å². The summed E-state index contributed by atoms with van der Waals surface area (Å²) in [5, 5.41) is 10.2. The molecule has 0 aliphatic carbocycles. The lowest BCUT2D eigenvalue weighted by molar-refractivity contribution is 0.0698. The Kier molecular flexibility index (Phi) is 5.84. The highest BCUT2D eigenvalue weighted by Gasteiger charge is 2.16. The van der Waals surface area contributed by atoms with E-state index in [1.54, 1.807) is 48.7 Å². The average molecular weight is 483 g/mol. The predicted molar refractivity (Wildman–Crippen MR) is 137 cm³/mol. The maximum atomic E-state index is 12.9. The molecule has 2 N–H and O–H groups in total. The summed E-state index contributed by atoms with van der Waals surface area (Å²) < 4.78 is 30.2. The summed E-state index contributed by atoms with van der Waals surface area (Å²) in [5.74, 6) is -0.971. The molecule has 5 rings (SSSR count). The minimum atomic E-state index is -3.74. The molecule has 5 aromatic rings. The number of benzene rings is 4. The fourth-order valence-electron chi connectivity index (χ4n) is 4.09. The fraction of sp³-hybridized carbons (Fsp3) is 0.0357.